The van der Waals surface area contributed by atoms with Gasteiger partial charge in [-0.1, -0.05) is 0 Å². The highest BCUT2D eigenvalue weighted by molar-refractivity contribution is 5.76. The van der Waals surface area contributed by atoms with Crippen molar-refractivity contribution in [1.29, 1.82) is 0 Å². The van der Waals surface area contributed by atoms with Gasteiger partial charge < -0.3 is 14.4 Å². The highest BCUT2D eigenvalue weighted by Crippen LogP contribution is 2.36. The molecule has 0 N–H and O–H groups in total. The molecule has 3 heterocycles. The van der Waals surface area contributed by atoms with Gasteiger partial charge in [0.05, 0.1) is 18.9 Å². The summed E-state index contributed by atoms with van der Waals surface area (Å²) in [5, 5.41) is 4.35. The Balaban J connectivity index is 1.41. The van der Waals surface area contributed by atoms with E-state index in [1.165, 1.54) is 5.56 Å². The molecule has 0 unspecified atom stereocenters. The lowest BCUT2D eigenvalue weighted by molar-refractivity contribution is -0.133. The number of carbonyl (C=O) groups excluding carboxylic acids is 1. The number of hydrogen-bond donors (Lipinski definition) is 0. The van der Waals surface area contributed by atoms with Gasteiger partial charge in [-0.15, -0.1) is 0 Å². The summed E-state index contributed by atoms with van der Waals surface area (Å²) in [6.07, 6.45) is 5.39. The minimum atomic E-state index is 0.0141. The van der Waals surface area contributed by atoms with Crippen LogP contribution in [0, 0.1) is 11.8 Å². The minimum Gasteiger partial charge on any atom is -0.376 e. The average molecular weight is 350 g/mol. The van der Waals surface area contributed by atoms with E-state index >= 15 is 0 Å². The maximum Gasteiger partial charge on any atom is 0.248 e. The minimum absolute atomic E-state index is 0.0141. The molecule has 0 saturated carbocycles. The van der Waals surface area contributed by atoms with Crippen molar-refractivity contribution in [2.24, 2.45) is 11.8 Å². The van der Waals surface area contributed by atoms with E-state index in [2.05, 4.69) is 23.1 Å². The standard InChI is InChI=1S/C18H30N4O3/c1-4-22-9-14(7-19-22)8-21-10-16-15(12-25-17(16)11-21)5-6-24-13-18(23)20(2)3/h7,9,15-17H,4-6,8,10-13H2,1-3H3/t15-,16-,17-/m1/s1. The fourth-order valence-corrected chi connectivity index (χ4v) is 3.75. The van der Waals surface area contributed by atoms with Crippen molar-refractivity contribution in [3.63, 3.8) is 0 Å². The molecule has 0 aliphatic carbocycles. The Morgan fingerprint density at radius 3 is 3.00 bits per heavy atom. The van der Waals surface area contributed by atoms with Crippen molar-refractivity contribution in [1.82, 2.24) is 19.6 Å². The first kappa shape index (κ1) is 18.4. The van der Waals surface area contributed by atoms with E-state index in [0.29, 0.717) is 24.5 Å². The molecule has 7 heteroatoms. The highest BCUT2D eigenvalue weighted by atomic mass is 16.5. The van der Waals surface area contributed by atoms with Crippen molar-refractivity contribution in [2.45, 2.75) is 32.5 Å². The number of likely N-dealkylation sites (N-methyl/N-ethyl adjacent to an activating group) is 1. The van der Waals surface area contributed by atoms with Crippen LogP contribution in [0.5, 0.6) is 0 Å². The number of aryl methyl sites for hydroxylation is 1. The van der Waals surface area contributed by atoms with Crippen LogP contribution in [0.2, 0.25) is 0 Å². The quantitative estimate of drug-likeness (QED) is 0.651. The van der Waals surface area contributed by atoms with Gasteiger partial charge in [-0.05, 0) is 19.3 Å². The Labute approximate surface area is 149 Å². The fraction of sp³-hybridized carbons (Fsp3) is 0.778. The van der Waals surface area contributed by atoms with Crippen molar-refractivity contribution in [3.8, 4) is 0 Å². The van der Waals surface area contributed by atoms with Crippen LogP contribution < -0.4 is 0 Å². The molecule has 0 bridgehead atoms. The zero-order chi connectivity index (χ0) is 17.8. The molecule has 7 nitrogen and oxygen atoms in total. The summed E-state index contributed by atoms with van der Waals surface area (Å²) >= 11 is 0. The first-order chi connectivity index (χ1) is 12.1. The van der Waals surface area contributed by atoms with Crippen molar-refractivity contribution in [3.05, 3.63) is 18.0 Å². The van der Waals surface area contributed by atoms with E-state index in [4.69, 9.17) is 9.47 Å². The molecule has 140 valence electrons. The molecule has 0 aromatic carbocycles. The number of nitrogens with zero attached hydrogens (tertiary/aromatic N) is 4. The van der Waals surface area contributed by atoms with Gasteiger partial charge in [0.15, 0.2) is 0 Å². The average Bonchev–Trinajstić information content (AvgIpc) is 3.28. The second-order valence-electron chi connectivity index (χ2n) is 7.32. The van der Waals surface area contributed by atoms with Crippen molar-refractivity contribution >= 4 is 5.91 Å². The smallest absolute Gasteiger partial charge is 0.248 e. The Morgan fingerprint density at radius 2 is 2.28 bits per heavy atom. The number of amides is 1. The van der Waals surface area contributed by atoms with E-state index in [-0.39, 0.29) is 12.5 Å². The van der Waals surface area contributed by atoms with Gasteiger partial charge >= 0.3 is 0 Å². The Bertz CT molecular complexity index is 574. The Hall–Kier alpha value is -1.44. The molecule has 2 aliphatic heterocycles. The third-order valence-electron chi connectivity index (χ3n) is 5.29. The number of fused-ring (bicyclic) bond motifs is 1. The summed E-state index contributed by atoms with van der Waals surface area (Å²) in [6, 6.07) is 0. The van der Waals surface area contributed by atoms with Gasteiger partial charge in [0.2, 0.25) is 5.91 Å². The number of likely N-dealkylation sites (tertiary alicyclic amines) is 1. The molecular weight excluding hydrogens is 320 g/mol. The molecule has 3 atom stereocenters. The van der Waals surface area contributed by atoms with Gasteiger partial charge in [-0.25, -0.2) is 0 Å². The zero-order valence-electron chi connectivity index (χ0n) is 15.6. The Kier molecular flexibility index (Phi) is 6.09. The summed E-state index contributed by atoms with van der Waals surface area (Å²) in [4.78, 5) is 15.6. The van der Waals surface area contributed by atoms with E-state index in [9.17, 15) is 4.79 Å². The summed E-state index contributed by atoms with van der Waals surface area (Å²) in [5.74, 6) is 1.12. The van der Waals surface area contributed by atoms with Crippen LogP contribution >= 0.6 is 0 Å². The van der Waals surface area contributed by atoms with Gasteiger partial charge in [-0.2, -0.15) is 5.10 Å². The largest absolute Gasteiger partial charge is 0.376 e. The van der Waals surface area contributed by atoms with Crippen LogP contribution in [0.1, 0.15) is 18.9 Å². The summed E-state index contributed by atoms with van der Waals surface area (Å²) in [6.45, 7) is 7.64. The molecule has 0 spiro atoms. The van der Waals surface area contributed by atoms with E-state index in [1.807, 2.05) is 10.9 Å². The first-order valence-electron chi connectivity index (χ1n) is 9.20. The molecule has 3 rings (SSSR count). The molecule has 1 amide bonds. The summed E-state index contributed by atoms with van der Waals surface area (Å²) in [5.41, 5.74) is 1.27. The molecule has 2 fully saturated rings. The second kappa shape index (κ2) is 8.29. The maximum absolute atomic E-state index is 11.5. The highest BCUT2D eigenvalue weighted by Gasteiger charge is 2.43. The molecular formula is C18H30N4O3. The first-order valence-corrected chi connectivity index (χ1v) is 9.20. The van der Waals surface area contributed by atoms with E-state index in [0.717, 1.165) is 39.2 Å². The van der Waals surface area contributed by atoms with Crippen LogP contribution in [-0.2, 0) is 27.4 Å². The topological polar surface area (TPSA) is 59.8 Å². The van der Waals surface area contributed by atoms with Crippen LogP contribution in [0.15, 0.2) is 12.4 Å². The Morgan fingerprint density at radius 1 is 1.44 bits per heavy atom. The predicted molar refractivity (Wildman–Crippen MR) is 94.0 cm³/mol. The number of carbonyl (C=O) groups is 1. The van der Waals surface area contributed by atoms with Gasteiger partial charge in [0.25, 0.3) is 0 Å². The molecule has 1 aromatic rings. The van der Waals surface area contributed by atoms with Crippen LogP contribution in [-0.4, -0.2) is 78.6 Å². The molecule has 2 saturated heterocycles. The summed E-state index contributed by atoms with van der Waals surface area (Å²) in [7, 11) is 3.50. The van der Waals surface area contributed by atoms with Crippen molar-refractivity contribution < 1.29 is 14.3 Å². The third-order valence-corrected chi connectivity index (χ3v) is 5.29. The number of rotatable bonds is 8. The molecule has 25 heavy (non-hydrogen) atoms. The maximum atomic E-state index is 11.5. The zero-order valence-corrected chi connectivity index (χ0v) is 15.6. The fourth-order valence-electron chi connectivity index (χ4n) is 3.75. The predicted octanol–water partition coefficient (Wildman–Crippen LogP) is 0.845. The lowest BCUT2D eigenvalue weighted by Crippen LogP contribution is -2.27. The van der Waals surface area contributed by atoms with Gasteiger partial charge in [0, 0.05) is 64.6 Å². The number of aromatic nitrogens is 2. The molecule has 2 aliphatic rings. The number of ether oxygens (including phenoxy) is 2. The van der Waals surface area contributed by atoms with E-state index in [1.54, 1.807) is 19.0 Å². The van der Waals surface area contributed by atoms with E-state index < -0.39 is 0 Å². The third kappa shape index (κ3) is 4.59. The summed E-state index contributed by atoms with van der Waals surface area (Å²) < 4.78 is 13.5. The normalized spacial score (nSPS) is 26.1. The lowest BCUT2D eigenvalue weighted by atomic mass is 9.91. The second-order valence-corrected chi connectivity index (χ2v) is 7.32. The van der Waals surface area contributed by atoms with Crippen LogP contribution in [0.25, 0.3) is 0 Å². The lowest BCUT2D eigenvalue weighted by Gasteiger charge is -2.19. The monoisotopic (exact) mass is 350 g/mol. The van der Waals surface area contributed by atoms with Crippen LogP contribution in [0.3, 0.4) is 0 Å². The van der Waals surface area contributed by atoms with Gasteiger partial charge in [0.1, 0.15) is 6.61 Å². The number of hydrogen-bond acceptors (Lipinski definition) is 5. The molecule has 1 aromatic heterocycles. The molecule has 0 radical (unpaired) electrons. The van der Waals surface area contributed by atoms with Crippen molar-refractivity contribution in [2.75, 3.05) is 47.0 Å². The van der Waals surface area contributed by atoms with Crippen LogP contribution in [0.4, 0.5) is 0 Å². The van der Waals surface area contributed by atoms with Gasteiger partial charge in [-0.3, -0.25) is 14.4 Å². The SMILES string of the molecule is CCn1cc(CN2C[C@@H]3[C@H](CCOCC(=O)N(C)C)CO[C@@H]3C2)cn1.